The molecular weight excluding hydrogens is 643 g/mol. The van der Waals surface area contributed by atoms with Crippen LogP contribution in [0.25, 0.3) is 10.2 Å². The fraction of sp³-hybridized carbons (Fsp3) is 0.158. The van der Waals surface area contributed by atoms with E-state index in [0.717, 1.165) is 38.0 Å². The van der Waals surface area contributed by atoms with Crippen LogP contribution in [0.1, 0.15) is 35.5 Å². The van der Waals surface area contributed by atoms with Crippen LogP contribution in [0.3, 0.4) is 0 Å². The molecular formula is C38H33N3O5S2. The van der Waals surface area contributed by atoms with Crippen LogP contribution >= 0.6 is 23.1 Å². The molecule has 1 aliphatic rings. The van der Waals surface area contributed by atoms with Crippen LogP contribution in [-0.4, -0.2) is 28.0 Å². The number of ether oxygens (including phenoxy) is 3. The van der Waals surface area contributed by atoms with E-state index in [4.69, 9.17) is 19.2 Å². The zero-order chi connectivity index (χ0) is 32.7. The number of carbonyl (C=O) groups is 1. The number of benzene rings is 5. The molecule has 3 unspecified atom stereocenters. The first-order valence-electron chi connectivity index (χ1n) is 15.6. The predicted molar refractivity (Wildman–Crippen MR) is 191 cm³/mol. The Hall–Kier alpha value is -4.71. The summed E-state index contributed by atoms with van der Waals surface area (Å²) in [6, 6.07) is 39.9. The molecule has 7 rings (SSSR count). The lowest BCUT2D eigenvalue weighted by Gasteiger charge is -2.36. The molecule has 2 heterocycles. The Kier molecular flexibility index (Phi) is 9.97. The standard InChI is InChI=1S/C38H33N3O5S2/c42-23-25-10-12-26(13-11-25)34-22-32(24-47-38-41-33-8-4-5-9-35(33)48-38)45-36(46-34)27-14-16-28(17-15-27)39-37(43)40-29-18-20-31(21-19-29)44-30-6-2-1-3-7-30/h1-21,32,34,36,42H,22-24H2,(H2,39,40,43). The van der Waals surface area contributed by atoms with Gasteiger partial charge in [0.25, 0.3) is 0 Å². The summed E-state index contributed by atoms with van der Waals surface area (Å²) in [6.07, 6.45) is -0.185. The molecule has 0 aliphatic carbocycles. The van der Waals surface area contributed by atoms with E-state index in [2.05, 4.69) is 16.7 Å². The molecule has 3 N–H and O–H groups in total. The number of thioether (sulfide) groups is 1. The highest BCUT2D eigenvalue weighted by Gasteiger charge is 2.32. The molecule has 0 spiro atoms. The van der Waals surface area contributed by atoms with E-state index >= 15 is 0 Å². The highest BCUT2D eigenvalue weighted by atomic mass is 32.2. The first kappa shape index (κ1) is 31.9. The number of carbonyl (C=O) groups excluding carboxylic acids is 1. The molecule has 2 amide bonds. The van der Waals surface area contributed by atoms with E-state index in [-0.39, 0.29) is 24.8 Å². The topological polar surface area (TPSA) is 102 Å². The summed E-state index contributed by atoms with van der Waals surface area (Å²) in [5.74, 6) is 2.15. The van der Waals surface area contributed by atoms with Gasteiger partial charge in [-0.2, -0.15) is 0 Å². The normalized spacial score (nSPS) is 17.6. The highest BCUT2D eigenvalue weighted by Crippen LogP contribution is 2.40. The van der Waals surface area contributed by atoms with Gasteiger partial charge in [-0.05, 0) is 71.8 Å². The van der Waals surface area contributed by atoms with Gasteiger partial charge >= 0.3 is 6.03 Å². The molecule has 3 atom stereocenters. The molecule has 10 heteroatoms. The zero-order valence-electron chi connectivity index (χ0n) is 25.8. The van der Waals surface area contributed by atoms with Crippen molar-refractivity contribution in [3.05, 3.63) is 144 Å². The summed E-state index contributed by atoms with van der Waals surface area (Å²) in [5.41, 5.74) is 5.01. The number of aliphatic hydroxyl groups excluding tert-OH is 1. The number of anilines is 2. The lowest BCUT2D eigenvalue weighted by Crippen LogP contribution is -2.31. The van der Waals surface area contributed by atoms with E-state index in [0.29, 0.717) is 23.5 Å². The van der Waals surface area contributed by atoms with Crippen LogP contribution < -0.4 is 15.4 Å². The molecule has 6 aromatic rings. The number of aromatic nitrogens is 1. The number of nitrogens with zero attached hydrogens (tertiary/aromatic N) is 1. The van der Waals surface area contributed by atoms with Gasteiger partial charge in [-0.15, -0.1) is 11.3 Å². The molecule has 5 aromatic carbocycles. The zero-order valence-corrected chi connectivity index (χ0v) is 27.5. The molecule has 242 valence electrons. The Morgan fingerprint density at radius 1 is 0.792 bits per heavy atom. The Labute approximate surface area is 286 Å². The van der Waals surface area contributed by atoms with Gasteiger partial charge in [0.2, 0.25) is 0 Å². The summed E-state index contributed by atoms with van der Waals surface area (Å²) in [6.45, 7) is -0.00657. The van der Waals surface area contributed by atoms with Crippen LogP contribution in [0, 0.1) is 0 Å². The summed E-state index contributed by atoms with van der Waals surface area (Å²) in [7, 11) is 0. The molecule has 1 aliphatic heterocycles. The van der Waals surface area contributed by atoms with Gasteiger partial charge in [-0.1, -0.05) is 78.5 Å². The third-order valence-electron chi connectivity index (χ3n) is 7.81. The molecule has 0 saturated carbocycles. The van der Waals surface area contributed by atoms with Crippen molar-refractivity contribution in [3.63, 3.8) is 0 Å². The summed E-state index contributed by atoms with van der Waals surface area (Å²) < 4.78 is 21.0. The maximum absolute atomic E-state index is 12.8. The quantitative estimate of drug-likeness (QED) is 0.124. The maximum atomic E-state index is 12.8. The Morgan fingerprint density at radius 2 is 1.44 bits per heavy atom. The Morgan fingerprint density at radius 3 is 2.15 bits per heavy atom. The number of aliphatic hydroxyl groups is 1. The third kappa shape index (κ3) is 8.04. The van der Waals surface area contributed by atoms with Crippen LogP contribution in [0.2, 0.25) is 0 Å². The molecule has 0 bridgehead atoms. The van der Waals surface area contributed by atoms with E-state index in [1.807, 2.05) is 97.1 Å². The van der Waals surface area contributed by atoms with Crippen LogP contribution in [0.4, 0.5) is 16.2 Å². The molecule has 0 radical (unpaired) electrons. The number of nitrogens with one attached hydrogen (secondary N) is 2. The number of thiazole rings is 1. The molecule has 1 fully saturated rings. The molecule has 1 saturated heterocycles. The van der Waals surface area contributed by atoms with Gasteiger partial charge in [0.05, 0.1) is 29.0 Å². The first-order valence-corrected chi connectivity index (χ1v) is 17.4. The maximum Gasteiger partial charge on any atom is 0.323 e. The number of hydrogen-bond donors (Lipinski definition) is 3. The minimum absolute atomic E-state index is 0.00657. The van der Waals surface area contributed by atoms with E-state index in [9.17, 15) is 9.90 Å². The molecule has 48 heavy (non-hydrogen) atoms. The van der Waals surface area contributed by atoms with Crippen molar-refractivity contribution in [3.8, 4) is 11.5 Å². The average molecular weight is 676 g/mol. The van der Waals surface area contributed by atoms with Crippen LogP contribution in [0.15, 0.2) is 132 Å². The second-order valence-electron chi connectivity index (χ2n) is 11.2. The largest absolute Gasteiger partial charge is 0.457 e. The van der Waals surface area contributed by atoms with Crippen molar-refractivity contribution < 1.29 is 24.1 Å². The van der Waals surface area contributed by atoms with Crippen molar-refractivity contribution in [2.75, 3.05) is 16.4 Å². The van der Waals surface area contributed by atoms with Gasteiger partial charge in [-0.3, -0.25) is 0 Å². The Balaban J connectivity index is 0.992. The second-order valence-corrected chi connectivity index (χ2v) is 13.5. The minimum atomic E-state index is -0.596. The van der Waals surface area contributed by atoms with Gasteiger partial charge in [-0.25, -0.2) is 9.78 Å². The van der Waals surface area contributed by atoms with Crippen LogP contribution in [0.5, 0.6) is 11.5 Å². The lowest BCUT2D eigenvalue weighted by atomic mass is 10.0. The highest BCUT2D eigenvalue weighted by molar-refractivity contribution is 8.01. The molecule has 1 aromatic heterocycles. The van der Waals surface area contributed by atoms with E-state index in [1.165, 1.54) is 4.70 Å². The number of para-hydroxylation sites is 2. The number of amides is 2. The van der Waals surface area contributed by atoms with Gasteiger partial charge in [0, 0.05) is 29.1 Å². The third-order valence-corrected chi connectivity index (χ3v) is 10.1. The van der Waals surface area contributed by atoms with Crippen molar-refractivity contribution in [1.29, 1.82) is 0 Å². The van der Waals surface area contributed by atoms with Gasteiger partial charge in [0.15, 0.2) is 10.6 Å². The second kappa shape index (κ2) is 15.0. The van der Waals surface area contributed by atoms with Gasteiger partial charge < -0.3 is 30.0 Å². The average Bonchev–Trinajstić information content (AvgIpc) is 3.55. The Bertz CT molecular complexity index is 1920. The van der Waals surface area contributed by atoms with Crippen LogP contribution in [-0.2, 0) is 16.1 Å². The van der Waals surface area contributed by atoms with Crippen molar-refractivity contribution >= 4 is 50.7 Å². The summed E-state index contributed by atoms with van der Waals surface area (Å²) in [5, 5.41) is 15.3. The van der Waals surface area contributed by atoms with Crippen molar-refractivity contribution in [1.82, 2.24) is 4.98 Å². The predicted octanol–water partition coefficient (Wildman–Crippen LogP) is 9.56. The number of rotatable bonds is 10. The van der Waals surface area contributed by atoms with E-state index < -0.39 is 6.29 Å². The van der Waals surface area contributed by atoms with E-state index in [1.54, 1.807) is 47.4 Å². The van der Waals surface area contributed by atoms with Gasteiger partial charge in [0.1, 0.15) is 11.5 Å². The lowest BCUT2D eigenvalue weighted by molar-refractivity contribution is -0.245. The summed E-state index contributed by atoms with van der Waals surface area (Å²) in [4.78, 5) is 17.5. The smallest absolute Gasteiger partial charge is 0.323 e. The van der Waals surface area contributed by atoms with Crippen molar-refractivity contribution in [2.45, 2.75) is 35.9 Å². The number of fused-ring (bicyclic) bond motifs is 1. The fourth-order valence-corrected chi connectivity index (χ4v) is 7.46. The SMILES string of the molecule is O=C(Nc1ccc(Oc2ccccc2)cc1)Nc1ccc(C2OC(CSc3nc4ccccc4s3)CC(c3ccc(CO)cc3)O2)cc1. The molecule has 8 nitrogen and oxygen atoms in total. The van der Waals surface area contributed by atoms with Crippen molar-refractivity contribution in [2.24, 2.45) is 0 Å². The number of hydrogen-bond acceptors (Lipinski definition) is 8. The summed E-state index contributed by atoms with van der Waals surface area (Å²) >= 11 is 3.38. The minimum Gasteiger partial charge on any atom is -0.457 e. The first-order chi connectivity index (χ1) is 23.6. The monoisotopic (exact) mass is 675 g/mol. The number of urea groups is 1. The fourth-order valence-electron chi connectivity index (χ4n) is 5.35.